The predicted molar refractivity (Wildman–Crippen MR) is 111 cm³/mol. The predicted octanol–water partition coefficient (Wildman–Crippen LogP) is 6.24. The van der Waals surface area contributed by atoms with Gasteiger partial charge >= 0.3 is 18.0 Å². The molecule has 1 aromatic heterocycles. The van der Waals surface area contributed by atoms with Crippen LogP contribution in [0.1, 0.15) is 17.5 Å². The lowest BCUT2D eigenvalue weighted by atomic mass is 10.1. The third-order valence-electron chi connectivity index (χ3n) is 4.70. The van der Waals surface area contributed by atoms with Gasteiger partial charge in [-0.3, -0.25) is 4.79 Å². The topological polar surface area (TPSA) is 54.0 Å². The molecule has 0 aliphatic carbocycles. The van der Waals surface area contributed by atoms with Crippen molar-refractivity contribution in [1.29, 1.82) is 0 Å². The maximum Gasteiger partial charge on any atom is 0.439 e. The van der Waals surface area contributed by atoms with Crippen molar-refractivity contribution < 1.29 is 31.1 Å². The number of aromatic nitrogens is 1. The van der Waals surface area contributed by atoms with E-state index >= 15 is 0 Å². The zero-order chi connectivity index (χ0) is 23.7. The smallest absolute Gasteiger partial charge is 0.324 e. The van der Waals surface area contributed by atoms with E-state index < -0.39 is 35.5 Å². The van der Waals surface area contributed by atoms with Crippen LogP contribution in [0.15, 0.2) is 42.5 Å². The number of amides is 1. The van der Waals surface area contributed by atoms with E-state index in [0.29, 0.717) is 27.2 Å². The van der Waals surface area contributed by atoms with Gasteiger partial charge in [0.15, 0.2) is 5.13 Å². The molecule has 3 aromatic rings. The highest BCUT2D eigenvalue weighted by molar-refractivity contribution is 7.22. The number of carbonyl (C=O) groups is 1. The average Bonchev–Trinajstić information content (AvgIpc) is 3.11. The van der Waals surface area contributed by atoms with Gasteiger partial charge in [0.05, 0.1) is 10.2 Å². The number of anilines is 1. The van der Waals surface area contributed by atoms with Crippen molar-refractivity contribution >= 4 is 44.2 Å². The second kappa shape index (κ2) is 8.78. The van der Waals surface area contributed by atoms with Crippen molar-refractivity contribution in [1.82, 2.24) is 10.3 Å². The molecular formula is C20H16ClF6N3OS. The number of benzene rings is 2. The van der Waals surface area contributed by atoms with Gasteiger partial charge in [-0.25, -0.2) is 4.98 Å². The third kappa shape index (κ3) is 4.78. The quantitative estimate of drug-likeness (QED) is 0.314. The Bertz CT molecular complexity index is 1100. The number of halogens is 7. The summed E-state index contributed by atoms with van der Waals surface area (Å²) >= 11 is 6.54. The van der Waals surface area contributed by atoms with Gasteiger partial charge in [-0.15, -0.1) is 0 Å². The lowest BCUT2D eigenvalue weighted by molar-refractivity contribution is -0.295. The first kappa shape index (κ1) is 24.1. The van der Waals surface area contributed by atoms with Crippen LogP contribution in [-0.2, 0) is 11.2 Å². The maximum atomic E-state index is 13.8. The summed E-state index contributed by atoms with van der Waals surface area (Å²) < 4.78 is 83.4. The normalized spacial score (nSPS) is 12.8. The highest BCUT2D eigenvalue weighted by Crippen LogP contribution is 2.45. The molecule has 0 atom stereocenters. The Kier molecular flexibility index (Phi) is 6.62. The van der Waals surface area contributed by atoms with Crippen LogP contribution in [0.5, 0.6) is 0 Å². The third-order valence-corrected chi connectivity index (χ3v) is 6.05. The molecular weight excluding hydrogens is 480 g/mol. The zero-order valence-electron chi connectivity index (χ0n) is 16.4. The molecule has 0 fully saturated rings. The van der Waals surface area contributed by atoms with Crippen LogP contribution in [-0.4, -0.2) is 28.9 Å². The first-order valence-electron chi connectivity index (χ1n) is 9.16. The largest absolute Gasteiger partial charge is 0.439 e. The Hall–Kier alpha value is -2.53. The van der Waals surface area contributed by atoms with E-state index in [0.717, 1.165) is 5.32 Å². The van der Waals surface area contributed by atoms with E-state index in [-0.39, 0.29) is 17.0 Å². The molecule has 0 radical (unpaired) electrons. The molecule has 172 valence electrons. The summed E-state index contributed by atoms with van der Waals surface area (Å²) in [6, 6.07) is 11.1. The van der Waals surface area contributed by atoms with Gasteiger partial charge in [-0.2, -0.15) is 26.3 Å². The molecule has 32 heavy (non-hydrogen) atoms. The summed E-state index contributed by atoms with van der Waals surface area (Å²) in [7, 11) is 0. The fraction of sp³-hybridized carbons (Fsp3) is 0.300. The van der Waals surface area contributed by atoms with Crippen LogP contribution in [0.4, 0.5) is 31.5 Å². The number of nitrogens with one attached hydrogen (secondary N) is 2. The Balaban J connectivity index is 1.94. The summed E-state index contributed by atoms with van der Waals surface area (Å²) in [6.45, 7) is 1.54. The van der Waals surface area contributed by atoms with Gasteiger partial charge in [0.25, 0.3) is 0 Å². The van der Waals surface area contributed by atoms with Crippen molar-refractivity contribution in [2.75, 3.05) is 5.32 Å². The molecule has 0 aliphatic heterocycles. The molecule has 0 unspecified atom stereocenters. The summed E-state index contributed by atoms with van der Waals surface area (Å²) in [4.78, 5) is 16.1. The number of alkyl halides is 6. The molecule has 0 saturated carbocycles. The number of thiazole rings is 1. The second-order valence-corrected chi connectivity index (χ2v) is 8.38. The standard InChI is InChI=1S/C20H16ClF6N3OS/c1-11-13(21)8-9-14-16(11)28-17(32-14)30-18(19(22,23)24,20(25,26)27)29-15(31)10-7-12-5-3-2-4-6-12/h2-6,8-9H,7,10H2,1H3,(H,28,30)(H,29,31). The van der Waals surface area contributed by atoms with Crippen LogP contribution < -0.4 is 10.6 Å². The minimum atomic E-state index is -5.92. The summed E-state index contributed by atoms with van der Waals surface area (Å²) in [5.41, 5.74) is -3.55. The molecule has 0 spiro atoms. The molecule has 1 heterocycles. The molecule has 1 amide bonds. The first-order valence-corrected chi connectivity index (χ1v) is 10.4. The molecule has 0 saturated heterocycles. The molecule has 2 N–H and O–H groups in total. The SMILES string of the molecule is Cc1c(Cl)ccc2sc(NC(NC(=O)CCc3ccccc3)(C(F)(F)F)C(F)(F)F)nc12. The number of carbonyl (C=O) groups excluding carboxylic acids is 1. The second-order valence-electron chi connectivity index (χ2n) is 6.94. The van der Waals surface area contributed by atoms with Gasteiger partial charge in [0, 0.05) is 11.4 Å². The van der Waals surface area contributed by atoms with Gasteiger partial charge < -0.3 is 10.6 Å². The summed E-state index contributed by atoms with van der Waals surface area (Å²) in [5.74, 6) is -1.42. The van der Waals surface area contributed by atoms with E-state index in [1.165, 1.54) is 17.4 Å². The summed E-state index contributed by atoms with van der Waals surface area (Å²) in [5, 5.41) is 2.16. The lowest BCUT2D eigenvalue weighted by Gasteiger charge is -2.38. The molecule has 12 heteroatoms. The Morgan fingerprint density at radius 3 is 2.25 bits per heavy atom. The van der Waals surface area contributed by atoms with E-state index in [9.17, 15) is 31.1 Å². The molecule has 2 aromatic carbocycles. The number of aryl methyl sites for hydroxylation is 2. The van der Waals surface area contributed by atoms with E-state index in [1.807, 2.05) is 0 Å². The zero-order valence-corrected chi connectivity index (χ0v) is 17.9. The Morgan fingerprint density at radius 2 is 1.66 bits per heavy atom. The van der Waals surface area contributed by atoms with Crippen molar-refractivity contribution in [3.63, 3.8) is 0 Å². The molecule has 3 rings (SSSR count). The van der Waals surface area contributed by atoms with Crippen LogP contribution in [0.25, 0.3) is 10.2 Å². The number of rotatable bonds is 6. The molecule has 0 bridgehead atoms. The fourth-order valence-electron chi connectivity index (χ4n) is 2.96. The van der Waals surface area contributed by atoms with Gasteiger partial charge in [-0.1, -0.05) is 53.3 Å². The fourth-order valence-corrected chi connectivity index (χ4v) is 4.10. The number of hydrogen-bond acceptors (Lipinski definition) is 4. The van der Waals surface area contributed by atoms with Gasteiger partial charge in [0.2, 0.25) is 5.91 Å². The Morgan fingerprint density at radius 1 is 1.03 bits per heavy atom. The maximum absolute atomic E-state index is 13.8. The van der Waals surface area contributed by atoms with Crippen molar-refractivity contribution in [3.8, 4) is 0 Å². The van der Waals surface area contributed by atoms with E-state index in [2.05, 4.69) is 4.98 Å². The molecule has 0 aliphatic rings. The molecule has 4 nitrogen and oxygen atoms in total. The number of nitrogens with zero attached hydrogens (tertiary/aromatic N) is 1. The highest BCUT2D eigenvalue weighted by Gasteiger charge is 2.73. The van der Waals surface area contributed by atoms with E-state index in [1.54, 1.807) is 37.3 Å². The van der Waals surface area contributed by atoms with Crippen molar-refractivity contribution in [2.45, 2.75) is 37.8 Å². The monoisotopic (exact) mass is 495 g/mol. The Labute approximate surface area is 187 Å². The highest BCUT2D eigenvalue weighted by atomic mass is 35.5. The van der Waals surface area contributed by atoms with Crippen LogP contribution in [0.3, 0.4) is 0 Å². The number of fused-ring (bicyclic) bond motifs is 1. The average molecular weight is 496 g/mol. The number of hydrogen-bond donors (Lipinski definition) is 2. The van der Waals surface area contributed by atoms with E-state index in [4.69, 9.17) is 11.6 Å². The van der Waals surface area contributed by atoms with Crippen LogP contribution in [0, 0.1) is 6.92 Å². The van der Waals surface area contributed by atoms with Gasteiger partial charge in [-0.05, 0) is 36.6 Å². The minimum absolute atomic E-state index is 0.0305. The van der Waals surface area contributed by atoms with Gasteiger partial charge in [0.1, 0.15) is 0 Å². The van der Waals surface area contributed by atoms with Crippen molar-refractivity contribution in [3.05, 3.63) is 58.6 Å². The summed E-state index contributed by atoms with van der Waals surface area (Å²) in [6.07, 6.45) is -12.4. The van der Waals surface area contributed by atoms with Crippen LogP contribution >= 0.6 is 22.9 Å². The lowest BCUT2D eigenvalue weighted by Crippen LogP contribution is -2.72. The minimum Gasteiger partial charge on any atom is -0.324 e. The first-order chi connectivity index (χ1) is 14.8. The van der Waals surface area contributed by atoms with Crippen LogP contribution in [0.2, 0.25) is 5.02 Å². The van der Waals surface area contributed by atoms with Crippen molar-refractivity contribution in [2.24, 2.45) is 0 Å².